The van der Waals surface area contributed by atoms with E-state index in [9.17, 15) is 14.7 Å². The summed E-state index contributed by atoms with van der Waals surface area (Å²) in [7, 11) is 1.30. The predicted octanol–water partition coefficient (Wildman–Crippen LogP) is 6.67. The molecule has 8 nitrogen and oxygen atoms in total. The van der Waals surface area contributed by atoms with Crippen molar-refractivity contribution in [3.63, 3.8) is 0 Å². The molecule has 5 rings (SSSR count). The van der Waals surface area contributed by atoms with Crippen LogP contribution in [0.2, 0.25) is 0 Å². The average Bonchev–Trinajstić information content (AvgIpc) is 3.08. The van der Waals surface area contributed by atoms with Crippen molar-refractivity contribution in [1.82, 2.24) is 5.32 Å². The third kappa shape index (κ3) is 8.73. The zero-order valence-electron chi connectivity index (χ0n) is 25.3. The van der Waals surface area contributed by atoms with Crippen LogP contribution in [0.1, 0.15) is 41.6 Å². The van der Waals surface area contributed by atoms with Crippen LogP contribution in [0.4, 0.5) is 10.5 Å². The van der Waals surface area contributed by atoms with Gasteiger partial charge in [-0.2, -0.15) is 0 Å². The summed E-state index contributed by atoms with van der Waals surface area (Å²) in [6.45, 7) is 2.13. The van der Waals surface area contributed by atoms with Crippen molar-refractivity contribution in [3.8, 4) is 0 Å². The van der Waals surface area contributed by atoms with Gasteiger partial charge in [0.2, 0.25) is 0 Å². The van der Waals surface area contributed by atoms with E-state index in [1.807, 2.05) is 84.9 Å². The van der Waals surface area contributed by atoms with Gasteiger partial charge in [0.15, 0.2) is 6.29 Å². The Morgan fingerprint density at radius 3 is 2.13 bits per heavy atom. The zero-order valence-corrected chi connectivity index (χ0v) is 26.1. The lowest BCUT2D eigenvalue weighted by Crippen LogP contribution is -2.45. The van der Waals surface area contributed by atoms with Crippen LogP contribution < -0.4 is 10.6 Å². The molecular formula is C36H38N2O6S. The molecule has 45 heavy (non-hydrogen) atoms. The van der Waals surface area contributed by atoms with Crippen LogP contribution in [0, 0.1) is 5.92 Å². The van der Waals surface area contributed by atoms with Crippen molar-refractivity contribution in [2.45, 2.75) is 49.4 Å². The van der Waals surface area contributed by atoms with Crippen molar-refractivity contribution >= 4 is 29.4 Å². The van der Waals surface area contributed by atoms with Gasteiger partial charge in [-0.15, -0.1) is 11.8 Å². The molecular weight excluding hydrogens is 588 g/mol. The van der Waals surface area contributed by atoms with Crippen LogP contribution in [0.3, 0.4) is 0 Å². The minimum absolute atomic E-state index is 0.0157. The maximum absolute atomic E-state index is 12.8. The van der Waals surface area contributed by atoms with Crippen molar-refractivity contribution < 1.29 is 28.9 Å². The number of carbonyl (C=O) groups is 2. The number of amides is 2. The topological polar surface area (TPSA) is 106 Å². The Balaban J connectivity index is 1.27. The first-order valence-electron chi connectivity index (χ1n) is 14.9. The van der Waals surface area contributed by atoms with E-state index in [4.69, 9.17) is 14.2 Å². The Hall–Kier alpha value is -4.15. The molecule has 234 valence electrons. The molecule has 0 saturated carbocycles. The van der Waals surface area contributed by atoms with Crippen LogP contribution in [0.5, 0.6) is 0 Å². The minimum atomic E-state index is -0.836. The fourth-order valence-corrected chi connectivity index (χ4v) is 6.33. The van der Waals surface area contributed by atoms with Gasteiger partial charge in [-0.1, -0.05) is 91.9 Å². The van der Waals surface area contributed by atoms with Crippen LogP contribution in [0.15, 0.2) is 114 Å². The Bertz CT molecular complexity index is 1520. The number of benzene rings is 4. The van der Waals surface area contributed by atoms with Crippen molar-refractivity contribution in [3.05, 3.63) is 131 Å². The van der Waals surface area contributed by atoms with E-state index in [1.54, 1.807) is 23.9 Å². The predicted molar refractivity (Wildman–Crippen MR) is 175 cm³/mol. The molecule has 9 heteroatoms. The molecule has 0 aliphatic carbocycles. The summed E-state index contributed by atoms with van der Waals surface area (Å²) in [5.41, 5.74) is 4.14. The summed E-state index contributed by atoms with van der Waals surface area (Å²) < 4.78 is 18.0. The monoisotopic (exact) mass is 626 g/mol. The van der Waals surface area contributed by atoms with Gasteiger partial charge in [-0.25, -0.2) is 9.59 Å². The van der Waals surface area contributed by atoms with Gasteiger partial charge >= 0.3 is 12.0 Å². The Morgan fingerprint density at radius 2 is 1.49 bits per heavy atom. The molecule has 1 saturated heterocycles. The maximum atomic E-state index is 12.8. The molecule has 4 aromatic carbocycles. The molecule has 1 aliphatic rings. The summed E-state index contributed by atoms with van der Waals surface area (Å²) in [5.74, 6) is 0.298. The smallest absolute Gasteiger partial charge is 0.328 e. The van der Waals surface area contributed by atoms with Crippen molar-refractivity contribution in [2.75, 3.05) is 18.2 Å². The number of esters is 1. The summed E-state index contributed by atoms with van der Waals surface area (Å²) >= 11 is 1.75. The molecule has 5 unspecified atom stereocenters. The van der Waals surface area contributed by atoms with Gasteiger partial charge in [0.05, 0.1) is 25.9 Å². The highest BCUT2D eigenvalue weighted by Crippen LogP contribution is 2.43. The third-order valence-corrected chi connectivity index (χ3v) is 8.90. The molecule has 0 radical (unpaired) electrons. The molecule has 0 aromatic heterocycles. The Kier molecular flexibility index (Phi) is 11.3. The number of aliphatic hydroxyl groups excluding tert-OH is 1. The van der Waals surface area contributed by atoms with Crippen LogP contribution in [-0.4, -0.2) is 42.1 Å². The summed E-state index contributed by atoms with van der Waals surface area (Å²) in [4.78, 5) is 26.4. The number of carbonyl (C=O) groups excluding carboxylic acids is 2. The summed E-state index contributed by atoms with van der Waals surface area (Å²) in [5, 5.41) is 15.0. The molecule has 1 aliphatic heterocycles. The quantitative estimate of drug-likeness (QED) is 0.126. The number of anilines is 1. The first-order valence-corrected chi connectivity index (χ1v) is 15.9. The number of urea groups is 1. The molecule has 1 fully saturated rings. The highest BCUT2D eigenvalue weighted by Gasteiger charge is 2.38. The molecule has 0 bridgehead atoms. The van der Waals surface area contributed by atoms with Gasteiger partial charge in [0, 0.05) is 34.2 Å². The van der Waals surface area contributed by atoms with Gasteiger partial charge in [0.1, 0.15) is 6.04 Å². The highest BCUT2D eigenvalue weighted by molar-refractivity contribution is 7.99. The highest BCUT2D eigenvalue weighted by atomic mass is 32.2. The number of thioether (sulfide) groups is 1. The largest absolute Gasteiger partial charge is 0.467 e. The molecule has 1 heterocycles. The summed E-state index contributed by atoms with van der Waals surface area (Å²) in [6, 6.07) is 33.5. The number of rotatable bonds is 11. The second-order valence-electron chi connectivity index (χ2n) is 10.9. The fraction of sp³-hybridized carbons (Fsp3) is 0.278. The number of nitrogens with one attached hydrogen (secondary N) is 2. The molecule has 3 N–H and O–H groups in total. The lowest BCUT2D eigenvalue weighted by atomic mass is 9.91. The van der Waals surface area contributed by atoms with E-state index < -0.39 is 24.3 Å². The van der Waals surface area contributed by atoms with Gasteiger partial charge in [0.25, 0.3) is 0 Å². The van der Waals surface area contributed by atoms with E-state index in [-0.39, 0.29) is 24.7 Å². The Labute approximate surface area is 268 Å². The Morgan fingerprint density at radius 1 is 0.844 bits per heavy atom. The molecule has 5 atom stereocenters. The first kappa shape index (κ1) is 32.2. The molecule has 0 spiro atoms. The van der Waals surface area contributed by atoms with Gasteiger partial charge in [-0.05, 0) is 41.0 Å². The maximum Gasteiger partial charge on any atom is 0.328 e. The number of aliphatic hydroxyl groups is 1. The second-order valence-corrected chi connectivity index (χ2v) is 12.0. The first-order chi connectivity index (χ1) is 21.9. The van der Waals surface area contributed by atoms with Crippen LogP contribution in [-0.2, 0) is 32.0 Å². The van der Waals surface area contributed by atoms with E-state index in [2.05, 4.69) is 29.7 Å². The normalized spacial score (nSPS) is 20.2. The lowest BCUT2D eigenvalue weighted by Gasteiger charge is -2.41. The average molecular weight is 627 g/mol. The lowest BCUT2D eigenvalue weighted by molar-refractivity contribution is -0.268. The second kappa shape index (κ2) is 15.7. The van der Waals surface area contributed by atoms with Crippen LogP contribution >= 0.6 is 11.8 Å². The third-order valence-electron chi connectivity index (χ3n) is 7.80. The van der Waals surface area contributed by atoms with E-state index >= 15 is 0 Å². The SMILES string of the molecule is COC(=O)C(Cc1ccccc1)NC(=O)Nc1ccc(C2OC(CSc3ccccc3)C(C)C(c3ccc(CO)cc3)O2)cc1. The molecule has 4 aromatic rings. The number of hydrogen-bond donors (Lipinski definition) is 3. The number of methoxy groups -OCH3 is 1. The standard InChI is InChI=1S/C36H38N2O6S/c1-24-32(23-45-30-11-7-4-8-12-30)43-35(44-33(24)27-15-13-26(22-39)14-16-27)28-17-19-29(20-18-28)37-36(41)38-31(34(40)42-2)21-25-9-5-3-6-10-25/h3-20,24,31-33,35,39H,21-23H2,1-2H3,(H2,37,38,41). The van der Waals surface area contributed by atoms with Crippen molar-refractivity contribution in [1.29, 1.82) is 0 Å². The van der Waals surface area contributed by atoms with E-state index in [0.29, 0.717) is 12.1 Å². The van der Waals surface area contributed by atoms with E-state index in [1.165, 1.54) is 12.0 Å². The molecule has 2 amide bonds. The number of hydrogen-bond acceptors (Lipinski definition) is 7. The number of ether oxygens (including phenoxy) is 3. The van der Waals surface area contributed by atoms with Gasteiger partial charge in [-0.3, -0.25) is 0 Å². The minimum Gasteiger partial charge on any atom is -0.467 e. The van der Waals surface area contributed by atoms with E-state index in [0.717, 1.165) is 28.0 Å². The van der Waals surface area contributed by atoms with Crippen LogP contribution in [0.25, 0.3) is 0 Å². The van der Waals surface area contributed by atoms with Gasteiger partial charge < -0.3 is 30.0 Å². The summed E-state index contributed by atoms with van der Waals surface area (Å²) in [6.07, 6.45) is -0.633. The zero-order chi connectivity index (χ0) is 31.6. The van der Waals surface area contributed by atoms with Crippen molar-refractivity contribution in [2.24, 2.45) is 5.92 Å². The fourth-order valence-electron chi connectivity index (χ4n) is 5.24.